The highest BCUT2D eigenvalue weighted by molar-refractivity contribution is 7.16. The van der Waals surface area contributed by atoms with Crippen LogP contribution >= 0.6 is 11.3 Å². The van der Waals surface area contributed by atoms with E-state index in [0.717, 1.165) is 26.8 Å². The van der Waals surface area contributed by atoms with E-state index in [1.165, 1.54) is 0 Å². The Hall–Kier alpha value is -2.08. The van der Waals surface area contributed by atoms with Crippen molar-refractivity contribution in [2.24, 2.45) is 0 Å². The van der Waals surface area contributed by atoms with Crippen LogP contribution in [0.3, 0.4) is 0 Å². The molecular formula is C11H11N5S. The van der Waals surface area contributed by atoms with Gasteiger partial charge < -0.3 is 16.5 Å². The SMILES string of the molecule is Cc1cc(-c2nc3nc(N)ccc3[nH]2)c(N)s1. The van der Waals surface area contributed by atoms with Crippen molar-refractivity contribution in [1.29, 1.82) is 0 Å². The normalized spacial score (nSPS) is 11.1. The second kappa shape index (κ2) is 3.46. The van der Waals surface area contributed by atoms with Gasteiger partial charge in [-0.15, -0.1) is 11.3 Å². The minimum Gasteiger partial charge on any atom is -0.390 e. The predicted molar refractivity (Wildman–Crippen MR) is 70.8 cm³/mol. The zero-order valence-corrected chi connectivity index (χ0v) is 10.0. The first-order valence-electron chi connectivity index (χ1n) is 5.12. The van der Waals surface area contributed by atoms with E-state index in [0.29, 0.717) is 11.5 Å². The molecule has 0 aliphatic rings. The van der Waals surface area contributed by atoms with Crippen LogP contribution in [0.15, 0.2) is 18.2 Å². The van der Waals surface area contributed by atoms with Gasteiger partial charge in [0.25, 0.3) is 0 Å². The first kappa shape index (κ1) is 10.1. The van der Waals surface area contributed by atoms with Gasteiger partial charge >= 0.3 is 0 Å². The molecule has 0 bridgehead atoms. The van der Waals surface area contributed by atoms with E-state index in [1.54, 1.807) is 17.4 Å². The third kappa shape index (κ3) is 1.62. The van der Waals surface area contributed by atoms with Crippen LogP contribution in [0.5, 0.6) is 0 Å². The van der Waals surface area contributed by atoms with Gasteiger partial charge in [0.15, 0.2) is 5.65 Å². The molecule has 0 saturated heterocycles. The van der Waals surface area contributed by atoms with Crippen LogP contribution in [0.4, 0.5) is 10.8 Å². The summed E-state index contributed by atoms with van der Waals surface area (Å²) in [6.45, 7) is 2.02. The summed E-state index contributed by atoms with van der Waals surface area (Å²) in [5.74, 6) is 1.20. The first-order chi connectivity index (χ1) is 8.13. The van der Waals surface area contributed by atoms with E-state index in [4.69, 9.17) is 11.5 Å². The topological polar surface area (TPSA) is 93.6 Å². The minimum absolute atomic E-state index is 0.463. The zero-order valence-electron chi connectivity index (χ0n) is 9.19. The number of hydrogen-bond acceptors (Lipinski definition) is 5. The maximum Gasteiger partial charge on any atom is 0.180 e. The second-order valence-corrected chi connectivity index (χ2v) is 5.12. The summed E-state index contributed by atoms with van der Waals surface area (Å²) in [7, 11) is 0. The van der Waals surface area contributed by atoms with E-state index in [-0.39, 0.29) is 0 Å². The van der Waals surface area contributed by atoms with Crippen molar-refractivity contribution in [1.82, 2.24) is 15.0 Å². The molecule has 5 nitrogen and oxygen atoms in total. The molecule has 0 aromatic carbocycles. The molecular weight excluding hydrogens is 234 g/mol. The second-order valence-electron chi connectivity index (χ2n) is 3.83. The quantitative estimate of drug-likeness (QED) is 0.612. The number of H-pyrrole nitrogens is 1. The van der Waals surface area contributed by atoms with E-state index < -0.39 is 0 Å². The van der Waals surface area contributed by atoms with Gasteiger partial charge in [0.2, 0.25) is 0 Å². The lowest BCUT2D eigenvalue weighted by atomic mass is 10.3. The summed E-state index contributed by atoms with van der Waals surface area (Å²) in [5, 5.41) is 0.759. The predicted octanol–water partition coefficient (Wildman–Crippen LogP) is 2.16. The number of fused-ring (bicyclic) bond motifs is 1. The summed E-state index contributed by atoms with van der Waals surface area (Å²) < 4.78 is 0. The van der Waals surface area contributed by atoms with Crippen molar-refractivity contribution >= 4 is 33.3 Å². The van der Waals surface area contributed by atoms with Gasteiger partial charge in [-0.3, -0.25) is 0 Å². The van der Waals surface area contributed by atoms with Gasteiger partial charge in [0.05, 0.1) is 16.1 Å². The Morgan fingerprint density at radius 1 is 1.24 bits per heavy atom. The molecule has 0 spiro atoms. The molecule has 17 heavy (non-hydrogen) atoms. The molecule has 0 amide bonds. The number of nitrogen functional groups attached to an aromatic ring is 2. The number of aryl methyl sites for hydroxylation is 1. The monoisotopic (exact) mass is 245 g/mol. The molecule has 3 aromatic rings. The molecule has 5 N–H and O–H groups in total. The van der Waals surface area contributed by atoms with E-state index in [1.807, 2.05) is 19.1 Å². The Balaban J connectivity index is 2.21. The summed E-state index contributed by atoms with van der Waals surface area (Å²) in [6.07, 6.45) is 0. The lowest BCUT2D eigenvalue weighted by Gasteiger charge is -1.91. The lowest BCUT2D eigenvalue weighted by Crippen LogP contribution is -1.88. The molecule has 0 saturated carbocycles. The highest BCUT2D eigenvalue weighted by atomic mass is 32.1. The standard InChI is InChI=1S/C11H11N5S/c1-5-4-6(9(13)17-5)10-14-7-2-3-8(12)15-11(7)16-10/h2-4H,13H2,1H3,(H3,12,14,15,16). The van der Waals surface area contributed by atoms with Crippen LogP contribution in [0.2, 0.25) is 0 Å². The van der Waals surface area contributed by atoms with Crippen molar-refractivity contribution < 1.29 is 0 Å². The molecule has 0 radical (unpaired) electrons. The van der Waals surface area contributed by atoms with Gasteiger partial charge in [0, 0.05) is 4.88 Å². The average molecular weight is 245 g/mol. The van der Waals surface area contributed by atoms with Crippen LogP contribution in [0, 0.1) is 6.92 Å². The fraction of sp³-hybridized carbons (Fsp3) is 0.0909. The fourth-order valence-electron chi connectivity index (χ4n) is 1.75. The Bertz CT molecular complexity index is 697. The number of aromatic nitrogens is 3. The number of aromatic amines is 1. The van der Waals surface area contributed by atoms with E-state index >= 15 is 0 Å². The van der Waals surface area contributed by atoms with Crippen LogP contribution in [0.25, 0.3) is 22.6 Å². The fourth-order valence-corrected chi connectivity index (χ4v) is 2.54. The Morgan fingerprint density at radius 3 is 2.76 bits per heavy atom. The number of anilines is 2. The molecule has 3 heterocycles. The van der Waals surface area contributed by atoms with Crippen LogP contribution < -0.4 is 11.5 Å². The summed E-state index contributed by atoms with van der Waals surface area (Å²) in [5.41, 5.74) is 14.0. The summed E-state index contributed by atoms with van der Waals surface area (Å²) >= 11 is 1.55. The Labute approximate surface area is 102 Å². The number of thiophene rings is 1. The highest BCUT2D eigenvalue weighted by Crippen LogP contribution is 2.32. The molecule has 0 unspecified atom stereocenters. The van der Waals surface area contributed by atoms with Gasteiger partial charge in [-0.25, -0.2) is 9.97 Å². The molecule has 6 heteroatoms. The van der Waals surface area contributed by atoms with Crippen molar-refractivity contribution in [3.63, 3.8) is 0 Å². The molecule has 3 rings (SSSR count). The molecule has 0 fully saturated rings. The molecule has 3 aromatic heterocycles. The van der Waals surface area contributed by atoms with Crippen molar-refractivity contribution in [2.75, 3.05) is 11.5 Å². The maximum absolute atomic E-state index is 5.94. The van der Waals surface area contributed by atoms with Gasteiger partial charge in [-0.2, -0.15) is 0 Å². The third-order valence-corrected chi connectivity index (χ3v) is 3.39. The number of rotatable bonds is 1. The maximum atomic E-state index is 5.94. The highest BCUT2D eigenvalue weighted by Gasteiger charge is 2.11. The van der Waals surface area contributed by atoms with Crippen molar-refractivity contribution in [3.8, 4) is 11.4 Å². The van der Waals surface area contributed by atoms with Gasteiger partial charge in [-0.05, 0) is 25.1 Å². The Morgan fingerprint density at radius 2 is 2.06 bits per heavy atom. The van der Waals surface area contributed by atoms with Crippen LogP contribution in [0.1, 0.15) is 4.88 Å². The molecule has 0 aliphatic heterocycles. The van der Waals surface area contributed by atoms with Crippen molar-refractivity contribution in [3.05, 3.63) is 23.1 Å². The first-order valence-corrected chi connectivity index (χ1v) is 5.93. The summed E-state index contributed by atoms with van der Waals surface area (Å²) in [6, 6.07) is 5.62. The average Bonchev–Trinajstić information content (AvgIpc) is 2.80. The number of imidazole rings is 1. The number of nitrogens with zero attached hydrogens (tertiary/aromatic N) is 2. The lowest BCUT2D eigenvalue weighted by molar-refractivity contribution is 1.31. The number of hydrogen-bond donors (Lipinski definition) is 3. The van der Waals surface area contributed by atoms with Crippen molar-refractivity contribution in [2.45, 2.75) is 6.92 Å². The smallest absolute Gasteiger partial charge is 0.180 e. The molecule has 86 valence electrons. The van der Waals surface area contributed by atoms with Crippen LogP contribution in [-0.2, 0) is 0 Å². The van der Waals surface area contributed by atoms with E-state index in [2.05, 4.69) is 15.0 Å². The van der Waals surface area contributed by atoms with E-state index in [9.17, 15) is 0 Å². The number of nitrogens with two attached hydrogens (primary N) is 2. The third-order valence-electron chi connectivity index (χ3n) is 2.51. The summed E-state index contributed by atoms with van der Waals surface area (Å²) in [4.78, 5) is 12.9. The van der Waals surface area contributed by atoms with Gasteiger partial charge in [0.1, 0.15) is 11.6 Å². The molecule has 0 atom stereocenters. The Kier molecular flexibility index (Phi) is 2.05. The largest absolute Gasteiger partial charge is 0.390 e. The number of nitrogens with one attached hydrogen (secondary N) is 1. The minimum atomic E-state index is 0.463. The van der Waals surface area contributed by atoms with Crippen LogP contribution in [-0.4, -0.2) is 15.0 Å². The van der Waals surface area contributed by atoms with Gasteiger partial charge in [-0.1, -0.05) is 0 Å². The zero-order chi connectivity index (χ0) is 12.0. The number of pyridine rings is 1. The molecule has 0 aliphatic carbocycles.